The Labute approximate surface area is 138 Å². The van der Waals surface area contributed by atoms with Crippen LogP contribution in [0.5, 0.6) is 0 Å². The van der Waals surface area contributed by atoms with Gasteiger partial charge in [0.25, 0.3) is 0 Å². The van der Waals surface area contributed by atoms with Gasteiger partial charge < -0.3 is 9.73 Å². The normalized spacial score (nSPS) is 13.1. The molecule has 0 radical (unpaired) electrons. The van der Waals surface area contributed by atoms with Crippen molar-refractivity contribution in [2.24, 2.45) is 0 Å². The first-order valence-electron chi connectivity index (χ1n) is 7.50. The number of allylic oxidation sites excluding steroid dienone is 1. The molecule has 0 unspecified atom stereocenters. The average molecular weight is 324 g/mol. The van der Waals surface area contributed by atoms with Crippen LogP contribution in [0.4, 0.5) is 11.4 Å². The quantitative estimate of drug-likeness (QED) is 0.709. The third kappa shape index (κ3) is 2.53. The molecule has 0 saturated carbocycles. The van der Waals surface area contributed by atoms with E-state index in [9.17, 15) is 4.79 Å². The van der Waals surface area contributed by atoms with Crippen LogP contribution in [0.15, 0.2) is 57.8 Å². The molecule has 0 atom stereocenters. The molecule has 1 aliphatic carbocycles. The number of benzene rings is 2. The molecule has 1 aliphatic rings. The zero-order chi connectivity index (χ0) is 15.8. The Morgan fingerprint density at radius 3 is 2.83 bits per heavy atom. The molecule has 1 aromatic heterocycles. The van der Waals surface area contributed by atoms with Gasteiger partial charge in [0.2, 0.25) is 0 Å². The second-order valence-corrected chi connectivity index (χ2v) is 5.95. The van der Waals surface area contributed by atoms with Crippen LogP contribution in [0.2, 0.25) is 5.02 Å². The Hall–Kier alpha value is -2.52. The molecule has 114 valence electrons. The second-order valence-electron chi connectivity index (χ2n) is 5.54. The van der Waals surface area contributed by atoms with Gasteiger partial charge in [0.05, 0.1) is 16.1 Å². The molecule has 1 N–H and O–H groups in total. The zero-order valence-corrected chi connectivity index (χ0v) is 13.1. The summed E-state index contributed by atoms with van der Waals surface area (Å²) < 4.78 is 5.45. The number of halogens is 1. The number of hydrogen-bond acceptors (Lipinski definition) is 3. The fraction of sp³-hybridized carbons (Fsp3) is 0.105. The SMILES string of the molecule is O=c1oc2c(c3ccc(Nc4ccccc4Cl)cc13)CCC=C2. The smallest absolute Gasteiger partial charge is 0.344 e. The predicted molar refractivity (Wildman–Crippen MR) is 94.6 cm³/mol. The monoisotopic (exact) mass is 323 g/mol. The highest BCUT2D eigenvalue weighted by molar-refractivity contribution is 6.33. The third-order valence-electron chi connectivity index (χ3n) is 4.05. The Balaban J connectivity index is 1.83. The fourth-order valence-electron chi connectivity index (χ4n) is 2.93. The highest BCUT2D eigenvalue weighted by Crippen LogP contribution is 2.30. The van der Waals surface area contributed by atoms with E-state index in [1.165, 1.54) is 0 Å². The summed E-state index contributed by atoms with van der Waals surface area (Å²) in [6.45, 7) is 0. The molecule has 4 heteroatoms. The van der Waals surface area contributed by atoms with Gasteiger partial charge in [0, 0.05) is 11.3 Å². The molecular weight excluding hydrogens is 310 g/mol. The van der Waals surface area contributed by atoms with Gasteiger partial charge in [0.1, 0.15) is 5.76 Å². The number of hydrogen-bond donors (Lipinski definition) is 1. The Bertz CT molecular complexity index is 988. The maximum atomic E-state index is 12.3. The van der Waals surface area contributed by atoms with Gasteiger partial charge in [0.15, 0.2) is 0 Å². The van der Waals surface area contributed by atoms with E-state index < -0.39 is 0 Å². The minimum absolute atomic E-state index is 0.312. The van der Waals surface area contributed by atoms with Crippen molar-refractivity contribution in [1.82, 2.24) is 0 Å². The minimum Gasteiger partial charge on any atom is -0.423 e. The van der Waals surface area contributed by atoms with E-state index in [1.54, 1.807) is 0 Å². The lowest BCUT2D eigenvalue weighted by Crippen LogP contribution is -2.07. The van der Waals surface area contributed by atoms with Crippen molar-refractivity contribution in [3.63, 3.8) is 0 Å². The van der Waals surface area contributed by atoms with E-state index in [0.717, 1.165) is 35.2 Å². The van der Waals surface area contributed by atoms with E-state index in [-0.39, 0.29) is 5.63 Å². The standard InChI is InChI=1S/C19H14ClNO2/c20-16-6-2-3-7-17(16)21-12-9-10-13-14-5-1-4-8-18(14)23-19(22)15(13)11-12/h2-4,6-11,21H,1,5H2. The van der Waals surface area contributed by atoms with Crippen molar-refractivity contribution in [3.05, 3.63) is 75.3 Å². The lowest BCUT2D eigenvalue weighted by Gasteiger charge is -2.13. The molecule has 2 aromatic carbocycles. The van der Waals surface area contributed by atoms with Gasteiger partial charge in [-0.3, -0.25) is 0 Å². The molecule has 0 saturated heterocycles. The Morgan fingerprint density at radius 2 is 1.96 bits per heavy atom. The predicted octanol–water partition coefficient (Wildman–Crippen LogP) is 5.15. The highest BCUT2D eigenvalue weighted by atomic mass is 35.5. The van der Waals surface area contributed by atoms with Crippen LogP contribution in [0.25, 0.3) is 16.8 Å². The number of rotatable bonds is 2. The molecule has 23 heavy (non-hydrogen) atoms. The zero-order valence-electron chi connectivity index (χ0n) is 12.3. The van der Waals surface area contributed by atoms with Crippen LogP contribution in [-0.2, 0) is 6.42 Å². The summed E-state index contributed by atoms with van der Waals surface area (Å²) in [6.07, 6.45) is 5.78. The summed E-state index contributed by atoms with van der Waals surface area (Å²) in [6, 6.07) is 13.3. The van der Waals surface area contributed by atoms with Gasteiger partial charge in [-0.25, -0.2) is 4.79 Å². The third-order valence-corrected chi connectivity index (χ3v) is 4.38. The van der Waals surface area contributed by atoms with Crippen molar-refractivity contribution >= 4 is 39.8 Å². The Kier molecular flexibility index (Phi) is 3.43. The lowest BCUT2D eigenvalue weighted by molar-refractivity contribution is 0.501. The van der Waals surface area contributed by atoms with Crippen LogP contribution in [0, 0.1) is 0 Å². The van der Waals surface area contributed by atoms with Gasteiger partial charge in [-0.05, 0) is 48.6 Å². The number of aryl methyl sites for hydroxylation is 1. The largest absolute Gasteiger partial charge is 0.423 e. The van der Waals surface area contributed by atoms with E-state index >= 15 is 0 Å². The summed E-state index contributed by atoms with van der Waals surface area (Å²) in [5.74, 6) is 0.681. The van der Waals surface area contributed by atoms with Gasteiger partial charge >= 0.3 is 5.63 Å². The molecule has 3 aromatic rings. The average Bonchev–Trinajstić information content (AvgIpc) is 2.57. The summed E-state index contributed by atoms with van der Waals surface area (Å²) >= 11 is 6.17. The molecule has 1 heterocycles. The van der Waals surface area contributed by atoms with Crippen molar-refractivity contribution in [2.45, 2.75) is 12.8 Å². The van der Waals surface area contributed by atoms with E-state index in [0.29, 0.717) is 16.2 Å². The van der Waals surface area contributed by atoms with Crippen molar-refractivity contribution in [2.75, 3.05) is 5.32 Å². The molecular formula is C19H14ClNO2. The van der Waals surface area contributed by atoms with Crippen molar-refractivity contribution < 1.29 is 4.42 Å². The molecule has 0 amide bonds. The van der Waals surface area contributed by atoms with Crippen LogP contribution in [-0.4, -0.2) is 0 Å². The number of fused-ring (bicyclic) bond motifs is 3. The van der Waals surface area contributed by atoms with E-state index in [4.69, 9.17) is 16.0 Å². The van der Waals surface area contributed by atoms with Crippen molar-refractivity contribution in [3.8, 4) is 0 Å². The Morgan fingerprint density at radius 1 is 1.09 bits per heavy atom. The summed E-state index contributed by atoms with van der Waals surface area (Å²) in [7, 11) is 0. The molecule has 0 aliphatic heterocycles. The first-order chi connectivity index (χ1) is 11.2. The number of nitrogens with one attached hydrogen (secondary N) is 1. The molecule has 3 nitrogen and oxygen atoms in total. The van der Waals surface area contributed by atoms with Gasteiger partial charge in [-0.2, -0.15) is 0 Å². The van der Waals surface area contributed by atoms with Crippen LogP contribution >= 0.6 is 11.6 Å². The lowest BCUT2D eigenvalue weighted by atomic mass is 9.97. The second kappa shape index (κ2) is 5.60. The summed E-state index contributed by atoms with van der Waals surface area (Å²) in [4.78, 5) is 12.3. The topological polar surface area (TPSA) is 42.2 Å². The fourth-order valence-corrected chi connectivity index (χ4v) is 3.11. The summed E-state index contributed by atoms with van der Waals surface area (Å²) in [5, 5.41) is 5.44. The molecule has 0 bridgehead atoms. The highest BCUT2D eigenvalue weighted by Gasteiger charge is 2.14. The van der Waals surface area contributed by atoms with Gasteiger partial charge in [-0.15, -0.1) is 0 Å². The first-order valence-corrected chi connectivity index (χ1v) is 7.88. The van der Waals surface area contributed by atoms with Gasteiger partial charge in [-0.1, -0.05) is 35.9 Å². The molecule has 0 fully saturated rings. The maximum absolute atomic E-state index is 12.3. The van der Waals surface area contributed by atoms with E-state index in [1.807, 2.05) is 54.6 Å². The molecule has 0 spiro atoms. The number of anilines is 2. The minimum atomic E-state index is -0.312. The van der Waals surface area contributed by atoms with Crippen LogP contribution < -0.4 is 10.9 Å². The van der Waals surface area contributed by atoms with Crippen LogP contribution in [0.3, 0.4) is 0 Å². The van der Waals surface area contributed by atoms with Crippen molar-refractivity contribution in [1.29, 1.82) is 0 Å². The first kappa shape index (κ1) is 14.1. The molecule has 4 rings (SSSR count). The maximum Gasteiger partial charge on any atom is 0.344 e. The summed E-state index contributed by atoms with van der Waals surface area (Å²) in [5.41, 5.74) is 2.41. The van der Waals surface area contributed by atoms with E-state index in [2.05, 4.69) is 5.32 Å². The number of para-hydroxylation sites is 1. The van der Waals surface area contributed by atoms with Crippen LogP contribution in [0.1, 0.15) is 17.7 Å².